The quantitative estimate of drug-likeness (QED) is 0.813. The molecule has 20 heavy (non-hydrogen) atoms. The van der Waals surface area contributed by atoms with E-state index in [9.17, 15) is 18.0 Å². The summed E-state index contributed by atoms with van der Waals surface area (Å²) in [5.41, 5.74) is -1.41. The minimum Gasteiger partial charge on any atom is -0.444 e. The summed E-state index contributed by atoms with van der Waals surface area (Å²) in [4.78, 5) is 11.8. The Morgan fingerprint density at radius 2 is 1.95 bits per heavy atom. The van der Waals surface area contributed by atoms with Crippen LogP contribution in [0.4, 0.5) is 18.9 Å². The molecule has 2 aromatic rings. The van der Waals surface area contributed by atoms with Crippen molar-refractivity contribution in [2.45, 2.75) is 6.18 Å². The summed E-state index contributed by atoms with van der Waals surface area (Å²) in [5.74, 6) is -0.900. The Hall–Kier alpha value is -1.47. The van der Waals surface area contributed by atoms with Crippen LogP contribution in [0, 0.1) is 0 Å². The lowest BCUT2D eigenvalue weighted by molar-refractivity contribution is -0.136. The molecule has 0 aliphatic heterocycles. The van der Waals surface area contributed by atoms with E-state index < -0.39 is 17.6 Å². The predicted octanol–water partition coefficient (Wildman–Crippen LogP) is 4.97. The van der Waals surface area contributed by atoms with E-state index in [1.54, 1.807) is 0 Å². The minimum absolute atomic E-state index is 0.0731. The number of halogens is 5. The number of carbonyl (C=O) groups excluding carboxylic acids is 1. The van der Waals surface area contributed by atoms with Crippen molar-refractivity contribution in [3.8, 4) is 0 Å². The maximum atomic E-state index is 12.8. The fourth-order valence-corrected chi connectivity index (χ4v) is 1.96. The molecule has 1 aromatic heterocycles. The highest BCUT2D eigenvalue weighted by Gasteiger charge is 2.34. The molecule has 3 nitrogen and oxygen atoms in total. The first kappa shape index (κ1) is 14.9. The van der Waals surface area contributed by atoms with E-state index in [4.69, 9.17) is 16.0 Å². The van der Waals surface area contributed by atoms with Gasteiger partial charge in [-0.25, -0.2) is 0 Å². The van der Waals surface area contributed by atoms with Crippen LogP contribution in [0.5, 0.6) is 0 Å². The second-order valence-electron chi connectivity index (χ2n) is 3.75. The number of carbonyl (C=O) groups is 1. The Kier molecular flexibility index (Phi) is 4.10. The number of amides is 1. The second kappa shape index (κ2) is 5.49. The monoisotopic (exact) mass is 367 g/mol. The number of benzene rings is 1. The van der Waals surface area contributed by atoms with Crippen molar-refractivity contribution in [1.29, 1.82) is 0 Å². The Balaban J connectivity index is 2.32. The number of anilines is 1. The molecule has 106 valence electrons. The highest BCUT2D eigenvalue weighted by atomic mass is 79.9. The third-order valence-electron chi connectivity index (χ3n) is 2.33. The van der Waals surface area contributed by atoms with Crippen molar-refractivity contribution < 1.29 is 22.4 Å². The van der Waals surface area contributed by atoms with Gasteiger partial charge in [-0.1, -0.05) is 11.6 Å². The van der Waals surface area contributed by atoms with Gasteiger partial charge in [0.15, 0.2) is 10.4 Å². The Bertz CT molecular complexity index is 654. The molecule has 0 saturated heterocycles. The summed E-state index contributed by atoms with van der Waals surface area (Å²) in [7, 11) is 0. The topological polar surface area (TPSA) is 42.2 Å². The van der Waals surface area contributed by atoms with Gasteiger partial charge in [-0.05, 0) is 46.3 Å². The van der Waals surface area contributed by atoms with Gasteiger partial charge in [0.05, 0.1) is 11.3 Å². The number of hydrogen-bond donors (Lipinski definition) is 1. The molecular formula is C12H6BrClF3NO2. The minimum atomic E-state index is -4.63. The van der Waals surface area contributed by atoms with Crippen LogP contribution in [0.3, 0.4) is 0 Å². The molecule has 0 radical (unpaired) electrons. The van der Waals surface area contributed by atoms with E-state index in [0.29, 0.717) is 4.67 Å². The van der Waals surface area contributed by atoms with Gasteiger partial charge in [0.2, 0.25) is 0 Å². The molecule has 0 bridgehead atoms. The molecule has 0 aliphatic carbocycles. The van der Waals surface area contributed by atoms with Gasteiger partial charge in [-0.2, -0.15) is 13.2 Å². The average Bonchev–Trinajstić information content (AvgIpc) is 2.77. The first-order valence-corrected chi connectivity index (χ1v) is 6.38. The summed E-state index contributed by atoms with van der Waals surface area (Å²) in [6.07, 6.45) is -4.63. The third-order valence-corrected chi connectivity index (χ3v) is 2.99. The van der Waals surface area contributed by atoms with E-state index >= 15 is 0 Å². The van der Waals surface area contributed by atoms with Gasteiger partial charge in [0.1, 0.15) is 0 Å². The Morgan fingerprint density at radius 3 is 2.50 bits per heavy atom. The zero-order valence-electron chi connectivity index (χ0n) is 9.59. The van der Waals surface area contributed by atoms with Crippen LogP contribution >= 0.6 is 27.5 Å². The summed E-state index contributed by atoms with van der Waals surface area (Å²) in [6.45, 7) is 0. The smallest absolute Gasteiger partial charge is 0.418 e. The summed E-state index contributed by atoms with van der Waals surface area (Å²) in [5, 5.41) is 2.07. The lowest BCUT2D eigenvalue weighted by Gasteiger charge is -2.13. The SMILES string of the molecule is O=C(Nc1ccc(Cl)cc1C(F)(F)F)c1ccc(Br)o1. The van der Waals surface area contributed by atoms with Crippen molar-refractivity contribution in [2.24, 2.45) is 0 Å². The largest absolute Gasteiger partial charge is 0.444 e. The number of furan rings is 1. The van der Waals surface area contributed by atoms with Crippen LogP contribution in [0.25, 0.3) is 0 Å². The van der Waals surface area contributed by atoms with Crippen LogP contribution < -0.4 is 5.32 Å². The molecule has 8 heteroatoms. The molecule has 0 unspecified atom stereocenters. The van der Waals surface area contributed by atoms with Crippen LogP contribution in [0.1, 0.15) is 16.1 Å². The zero-order chi connectivity index (χ0) is 14.9. The predicted molar refractivity (Wildman–Crippen MR) is 70.8 cm³/mol. The molecule has 1 heterocycles. The first-order valence-electron chi connectivity index (χ1n) is 5.21. The standard InChI is InChI=1S/C12H6BrClF3NO2/c13-10-4-3-9(20-10)11(19)18-8-2-1-6(14)5-7(8)12(15,16)17/h1-5H,(H,18,19). The molecule has 0 spiro atoms. The third kappa shape index (κ3) is 3.34. The van der Waals surface area contributed by atoms with Crippen LogP contribution in [0.2, 0.25) is 5.02 Å². The summed E-state index contributed by atoms with van der Waals surface area (Å²) >= 11 is 8.54. The lowest BCUT2D eigenvalue weighted by Crippen LogP contribution is -2.16. The molecule has 0 aliphatic rings. The molecular weight excluding hydrogens is 362 g/mol. The maximum Gasteiger partial charge on any atom is 0.418 e. The van der Waals surface area contributed by atoms with E-state index in [2.05, 4.69) is 21.2 Å². The molecule has 1 aromatic carbocycles. The highest BCUT2D eigenvalue weighted by molar-refractivity contribution is 9.10. The second-order valence-corrected chi connectivity index (χ2v) is 4.96. The number of hydrogen-bond acceptors (Lipinski definition) is 2. The van der Waals surface area contributed by atoms with Crippen molar-refractivity contribution in [3.63, 3.8) is 0 Å². The lowest BCUT2D eigenvalue weighted by atomic mass is 10.1. The Morgan fingerprint density at radius 1 is 1.25 bits per heavy atom. The molecule has 0 saturated carbocycles. The van der Waals surface area contributed by atoms with Crippen molar-refractivity contribution in [1.82, 2.24) is 0 Å². The van der Waals surface area contributed by atoms with E-state index in [1.165, 1.54) is 18.2 Å². The van der Waals surface area contributed by atoms with Gasteiger partial charge < -0.3 is 9.73 Å². The van der Waals surface area contributed by atoms with Gasteiger partial charge in [-0.3, -0.25) is 4.79 Å². The summed E-state index contributed by atoms with van der Waals surface area (Å²) < 4.78 is 43.8. The average molecular weight is 369 g/mol. The normalized spacial score (nSPS) is 11.4. The number of nitrogens with one attached hydrogen (secondary N) is 1. The maximum absolute atomic E-state index is 12.8. The van der Waals surface area contributed by atoms with Gasteiger partial charge >= 0.3 is 6.18 Å². The molecule has 0 atom stereocenters. The van der Waals surface area contributed by atoms with Crippen molar-refractivity contribution in [2.75, 3.05) is 5.32 Å². The fraction of sp³-hybridized carbons (Fsp3) is 0.0833. The van der Waals surface area contributed by atoms with Gasteiger partial charge in [-0.15, -0.1) is 0 Å². The number of alkyl halides is 3. The highest BCUT2D eigenvalue weighted by Crippen LogP contribution is 2.36. The van der Waals surface area contributed by atoms with Crippen LogP contribution in [-0.4, -0.2) is 5.91 Å². The van der Waals surface area contributed by atoms with Gasteiger partial charge in [0.25, 0.3) is 5.91 Å². The molecule has 1 N–H and O–H groups in total. The fourth-order valence-electron chi connectivity index (χ4n) is 1.48. The molecule has 2 rings (SSSR count). The van der Waals surface area contributed by atoms with Crippen molar-refractivity contribution in [3.05, 3.63) is 51.3 Å². The van der Waals surface area contributed by atoms with E-state index in [0.717, 1.165) is 12.1 Å². The zero-order valence-corrected chi connectivity index (χ0v) is 11.9. The number of rotatable bonds is 2. The Labute approximate surface area is 124 Å². The van der Waals surface area contributed by atoms with Crippen molar-refractivity contribution >= 4 is 39.1 Å². The van der Waals surface area contributed by atoms with Crippen LogP contribution in [0.15, 0.2) is 39.4 Å². The van der Waals surface area contributed by atoms with Gasteiger partial charge in [0, 0.05) is 5.02 Å². The molecule has 1 amide bonds. The van der Waals surface area contributed by atoms with E-state index in [-0.39, 0.29) is 16.5 Å². The van der Waals surface area contributed by atoms with E-state index in [1.807, 2.05) is 0 Å². The van der Waals surface area contributed by atoms with Crippen LogP contribution in [-0.2, 0) is 6.18 Å². The molecule has 0 fully saturated rings. The first-order chi connectivity index (χ1) is 9.27. The summed E-state index contributed by atoms with van der Waals surface area (Å²) in [6, 6.07) is 5.88.